The summed E-state index contributed by atoms with van der Waals surface area (Å²) in [6.45, 7) is 6.36. The first kappa shape index (κ1) is 15.9. The smallest absolute Gasteiger partial charge is 0.243 e. The highest BCUT2D eigenvalue weighted by molar-refractivity contribution is 7.89. The zero-order valence-corrected chi connectivity index (χ0v) is 14.1. The second-order valence-electron chi connectivity index (χ2n) is 5.57. The summed E-state index contributed by atoms with van der Waals surface area (Å²) >= 11 is 1.50. The maximum absolute atomic E-state index is 12.7. The first-order chi connectivity index (χ1) is 9.47. The molecule has 1 aliphatic heterocycles. The fourth-order valence-electron chi connectivity index (χ4n) is 2.84. The average molecular weight is 316 g/mol. The number of hydrogen-bond donors (Lipinski definition) is 1. The molecule has 6 heteroatoms. The SMILES string of the molecule is CCC1(CC)CCN(S(=O)(=O)c2csc(CNC)c2)C1. The molecule has 0 spiro atoms. The Labute approximate surface area is 126 Å². The highest BCUT2D eigenvalue weighted by Crippen LogP contribution is 2.39. The minimum absolute atomic E-state index is 0.177. The zero-order valence-electron chi connectivity index (χ0n) is 12.5. The van der Waals surface area contributed by atoms with E-state index in [4.69, 9.17) is 0 Å². The molecule has 114 valence electrons. The molecule has 0 aliphatic carbocycles. The second-order valence-corrected chi connectivity index (χ2v) is 8.51. The number of nitrogens with zero attached hydrogens (tertiary/aromatic N) is 1. The Morgan fingerprint density at radius 3 is 2.65 bits per heavy atom. The van der Waals surface area contributed by atoms with Crippen LogP contribution in [0.4, 0.5) is 0 Å². The van der Waals surface area contributed by atoms with E-state index in [9.17, 15) is 8.42 Å². The molecular formula is C14H24N2O2S2. The topological polar surface area (TPSA) is 49.4 Å². The summed E-state index contributed by atoms with van der Waals surface area (Å²) in [6, 6.07) is 1.80. The van der Waals surface area contributed by atoms with Crippen LogP contribution in [-0.4, -0.2) is 32.9 Å². The Morgan fingerprint density at radius 2 is 2.10 bits per heavy atom. The van der Waals surface area contributed by atoms with Crippen LogP contribution in [0.5, 0.6) is 0 Å². The molecule has 0 radical (unpaired) electrons. The highest BCUT2D eigenvalue weighted by atomic mass is 32.2. The number of hydrogen-bond acceptors (Lipinski definition) is 4. The molecule has 1 aromatic heterocycles. The molecule has 0 bridgehead atoms. The Hall–Kier alpha value is -0.430. The number of sulfonamides is 1. The van der Waals surface area contributed by atoms with Gasteiger partial charge in [0, 0.05) is 29.9 Å². The van der Waals surface area contributed by atoms with Gasteiger partial charge in [-0.05, 0) is 37.8 Å². The van der Waals surface area contributed by atoms with E-state index >= 15 is 0 Å². The molecule has 0 aromatic carbocycles. The van der Waals surface area contributed by atoms with Gasteiger partial charge in [-0.1, -0.05) is 13.8 Å². The van der Waals surface area contributed by atoms with Gasteiger partial charge in [0.1, 0.15) is 0 Å². The quantitative estimate of drug-likeness (QED) is 0.878. The van der Waals surface area contributed by atoms with Gasteiger partial charge in [-0.2, -0.15) is 4.31 Å². The zero-order chi connectivity index (χ0) is 14.8. The van der Waals surface area contributed by atoms with Crippen molar-refractivity contribution in [3.63, 3.8) is 0 Å². The van der Waals surface area contributed by atoms with Crippen molar-refractivity contribution in [2.24, 2.45) is 5.41 Å². The molecule has 20 heavy (non-hydrogen) atoms. The van der Waals surface area contributed by atoms with Gasteiger partial charge >= 0.3 is 0 Å². The lowest BCUT2D eigenvalue weighted by Gasteiger charge is -2.26. The standard InChI is InChI=1S/C14H24N2O2S2/c1-4-14(5-2)6-7-16(11-14)20(17,18)13-8-12(9-15-3)19-10-13/h8,10,15H,4-7,9,11H2,1-3H3. The maximum Gasteiger partial charge on any atom is 0.243 e. The summed E-state index contributed by atoms with van der Waals surface area (Å²) in [4.78, 5) is 1.51. The van der Waals surface area contributed by atoms with E-state index in [1.54, 1.807) is 15.8 Å². The Kier molecular flexibility index (Phi) is 4.89. The van der Waals surface area contributed by atoms with Gasteiger partial charge in [0.05, 0.1) is 4.90 Å². The third-order valence-electron chi connectivity index (χ3n) is 4.52. The fourth-order valence-corrected chi connectivity index (χ4v) is 5.67. The molecule has 1 aliphatic rings. The molecule has 2 heterocycles. The second kappa shape index (κ2) is 6.13. The van der Waals surface area contributed by atoms with Crippen LogP contribution in [0.15, 0.2) is 16.3 Å². The van der Waals surface area contributed by atoms with Crippen LogP contribution < -0.4 is 5.32 Å². The minimum atomic E-state index is -3.31. The molecule has 1 fully saturated rings. The molecule has 1 aromatic rings. The third kappa shape index (κ3) is 2.93. The van der Waals surface area contributed by atoms with E-state index < -0.39 is 10.0 Å². The van der Waals surface area contributed by atoms with E-state index in [0.29, 0.717) is 24.5 Å². The lowest BCUT2D eigenvalue weighted by molar-refractivity contribution is 0.279. The van der Waals surface area contributed by atoms with Crippen LogP contribution in [0.1, 0.15) is 38.0 Å². The van der Waals surface area contributed by atoms with Crippen molar-refractivity contribution in [1.29, 1.82) is 0 Å². The largest absolute Gasteiger partial charge is 0.315 e. The van der Waals surface area contributed by atoms with Gasteiger partial charge in [-0.3, -0.25) is 0 Å². The van der Waals surface area contributed by atoms with Crippen molar-refractivity contribution in [2.45, 2.75) is 44.6 Å². The summed E-state index contributed by atoms with van der Waals surface area (Å²) in [7, 11) is -1.45. The normalized spacial score (nSPS) is 19.6. The van der Waals surface area contributed by atoms with Crippen LogP contribution in [0.2, 0.25) is 0 Å². The van der Waals surface area contributed by atoms with Crippen LogP contribution in [0.3, 0.4) is 0 Å². The summed E-state index contributed by atoms with van der Waals surface area (Å²) < 4.78 is 27.0. The van der Waals surface area contributed by atoms with Gasteiger partial charge in [-0.15, -0.1) is 11.3 Å². The lowest BCUT2D eigenvalue weighted by atomic mass is 9.82. The fraction of sp³-hybridized carbons (Fsp3) is 0.714. The van der Waals surface area contributed by atoms with Crippen LogP contribution in [-0.2, 0) is 16.6 Å². The molecule has 4 nitrogen and oxygen atoms in total. The van der Waals surface area contributed by atoms with Gasteiger partial charge in [0.15, 0.2) is 0 Å². The summed E-state index contributed by atoms with van der Waals surface area (Å²) in [5, 5.41) is 4.82. The first-order valence-electron chi connectivity index (χ1n) is 7.19. The van der Waals surface area contributed by atoms with Crippen molar-refractivity contribution in [2.75, 3.05) is 20.1 Å². The van der Waals surface area contributed by atoms with E-state index in [1.807, 2.05) is 7.05 Å². The Bertz CT molecular complexity index is 547. The van der Waals surface area contributed by atoms with Crippen LogP contribution in [0, 0.1) is 5.41 Å². The van der Waals surface area contributed by atoms with Gasteiger partial charge in [0.25, 0.3) is 0 Å². The predicted octanol–water partition coefficient (Wildman–Crippen LogP) is 2.67. The van der Waals surface area contributed by atoms with E-state index in [2.05, 4.69) is 19.2 Å². The maximum atomic E-state index is 12.7. The summed E-state index contributed by atoms with van der Waals surface area (Å²) in [6.07, 6.45) is 3.07. The molecule has 0 atom stereocenters. The summed E-state index contributed by atoms with van der Waals surface area (Å²) in [5.74, 6) is 0. The summed E-state index contributed by atoms with van der Waals surface area (Å²) in [5.41, 5.74) is 0.177. The Balaban J connectivity index is 2.19. The molecule has 0 saturated carbocycles. The average Bonchev–Trinajstić information content (AvgIpc) is 3.06. The van der Waals surface area contributed by atoms with E-state index in [1.165, 1.54) is 11.3 Å². The highest BCUT2D eigenvalue weighted by Gasteiger charge is 2.40. The molecular weight excluding hydrogens is 292 g/mol. The van der Waals surface area contributed by atoms with E-state index in [-0.39, 0.29) is 5.41 Å². The molecule has 0 amide bonds. The van der Waals surface area contributed by atoms with Gasteiger partial charge in [-0.25, -0.2) is 8.42 Å². The van der Waals surface area contributed by atoms with Crippen LogP contribution >= 0.6 is 11.3 Å². The molecule has 1 N–H and O–H groups in total. The first-order valence-corrected chi connectivity index (χ1v) is 9.51. The monoisotopic (exact) mass is 316 g/mol. The molecule has 1 saturated heterocycles. The number of rotatable bonds is 6. The van der Waals surface area contributed by atoms with Gasteiger partial charge < -0.3 is 5.32 Å². The third-order valence-corrected chi connectivity index (χ3v) is 7.43. The van der Waals surface area contributed by atoms with Crippen molar-refractivity contribution in [3.05, 3.63) is 16.3 Å². The van der Waals surface area contributed by atoms with Crippen molar-refractivity contribution in [3.8, 4) is 0 Å². The van der Waals surface area contributed by atoms with Crippen molar-refractivity contribution in [1.82, 2.24) is 9.62 Å². The minimum Gasteiger partial charge on any atom is -0.315 e. The number of nitrogens with one attached hydrogen (secondary N) is 1. The molecule has 2 rings (SSSR count). The molecule has 0 unspecified atom stereocenters. The predicted molar refractivity (Wildman–Crippen MR) is 83.5 cm³/mol. The Morgan fingerprint density at radius 1 is 1.40 bits per heavy atom. The number of thiophene rings is 1. The van der Waals surface area contributed by atoms with Crippen molar-refractivity contribution < 1.29 is 8.42 Å². The van der Waals surface area contributed by atoms with E-state index in [0.717, 1.165) is 24.1 Å². The lowest BCUT2D eigenvalue weighted by Crippen LogP contribution is -2.31. The van der Waals surface area contributed by atoms with Crippen molar-refractivity contribution >= 4 is 21.4 Å². The van der Waals surface area contributed by atoms with Crippen LogP contribution in [0.25, 0.3) is 0 Å². The van der Waals surface area contributed by atoms with Gasteiger partial charge in [0.2, 0.25) is 10.0 Å².